The second-order valence-corrected chi connectivity index (χ2v) is 10.7. The van der Waals surface area contributed by atoms with E-state index in [2.05, 4.69) is 89.8 Å². The number of halogens is 2. The van der Waals surface area contributed by atoms with Crippen LogP contribution < -0.4 is 10.2 Å². The zero-order chi connectivity index (χ0) is 23.9. The summed E-state index contributed by atoms with van der Waals surface area (Å²) in [6.45, 7) is 3.59. The topological polar surface area (TPSA) is 122 Å². The van der Waals surface area contributed by atoms with Crippen LogP contribution in [-0.2, 0) is 12.8 Å². The molecule has 1 aliphatic heterocycles. The van der Waals surface area contributed by atoms with Crippen molar-refractivity contribution in [1.82, 2.24) is 35.6 Å². The largest absolute Gasteiger partial charge is 0.403 e. The molecule has 180 valence electrons. The maximum absolute atomic E-state index is 6.01. The van der Waals surface area contributed by atoms with Crippen molar-refractivity contribution in [2.75, 3.05) is 23.3 Å². The molecule has 0 bridgehead atoms. The molecule has 2 N–H and O–H groups in total. The highest BCUT2D eigenvalue weighted by atomic mass is 79.9. The fourth-order valence-corrected chi connectivity index (χ4v) is 5.65. The highest BCUT2D eigenvalue weighted by molar-refractivity contribution is 9.13. The van der Waals surface area contributed by atoms with E-state index in [4.69, 9.17) is 4.42 Å². The molecule has 0 unspecified atom stereocenters. The first-order chi connectivity index (χ1) is 17.0. The molecule has 1 aromatic carbocycles. The van der Waals surface area contributed by atoms with Crippen molar-refractivity contribution < 1.29 is 4.42 Å². The fraction of sp³-hybridized carbons (Fsp3) is 0.391. The smallest absolute Gasteiger partial charge is 0.318 e. The number of aromatic amines is 1. The van der Waals surface area contributed by atoms with Gasteiger partial charge in [0.05, 0.1) is 23.1 Å². The van der Waals surface area contributed by atoms with Gasteiger partial charge in [0.15, 0.2) is 0 Å². The lowest BCUT2D eigenvalue weighted by molar-refractivity contribution is 0.456. The molecular formula is C23H23Br2N9O. The van der Waals surface area contributed by atoms with Gasteiger partial charge in [-0.15, -0.1) is 5.10 Å². The number of aryl methyl sites for hydroxylation is 1. The van der Waals surface area contributed by atoms with Gasteiger partial charge in [0.25, 0.3) is 5.89 Å². The third-order valence-electron chi connectivity index (χ3n) is 6.75. The Labute approximate surface area is 218 Å². The van der Waals surface area contributed by atoms with Gasteiger partial charge in [-0.2, -0.15) is 15.4 Å². The molecule has 1 aliphatic carbocycles. The number of hydrogen-bond acceptors (Lipinski definition) is 9. The van der Waals surface area contributed by atoms with Crippen LogP contribution in [0.15, 0.2) is 37.9 Å². The van der Waals surface area contributed by atoms with E-state index in [1.807, 2.05) is 6.92 Å². The first-order valence-electron chi connectivity index (χ1n) is 11.5. The molecule has 12 heteroatoms. The molecule has 1 saturated heterocycles. The average Bonchev–Trinajstić information content (AvgIpc) is 3.61. The Kier molecular flexibility index (Phi) is 6.01. The van der Waals surface area contributed by atoms with Crippen LogP contribution in [0.1, 0.15) is 41.3 Å². The summed E-state index contributed by atoms with van der Waals surface area (Å²) in [5.74, 6) is 1.45. The van der Waals surface area contributed by atoms with E-state index in [0.717, 1.165) is 64.7 Å². The lowest BCUT2D eigenvalue weighted by Crippen LogP contribution is -2.33. The third-order valence-corrected chi connectivity index (χ3v) is 8.59. The molecule has 0 saturated carbocycles. The third kappa shape index (κ3) is 4.56. The molecule has 0 atom stereocenters. The minimum Gasteiger partial charge on any atom is -0.403 e. The summed E-state index contributed by atoms with van der Waals surface area (Å²) in [6.07, 6.45) is 7.36. The van der Waals surface area contributed by atoms with Crippen LogP contribution in [0.2, 0.25) is 0 Å². The summed E-state index contributed by atoms with van der Waals surface area (Å²) in [4.78, 5) is 11.3. The van der Waals surface area contributed by atoms with Crippen molar-refractivity contribution in [2.45, 2.75) is 44.6 Å². The summed E-state index contributed by atoms with van der Waals surface area (Å²) >= 11 is 7.18. The number of rotatable bonds is 5. The van der Waals surface area contributed by atoms with Crippen molar-refractivity contribution in [1.29, 1.82) is 0 Å². The Morgan fingerprint density at radius 3 is 2.46 bits per heavy atom. The summed E-state index contributed by atoms with van der Waals surface area (Å²) in [5.41, 5.74) is 5.24. The quantitative estimate of drug-likeness (QED) is 0.342. The zero-order valence-corrected chi connectivity index (χ0v) is 22.2. The molecule has 0 radical (unpaired) electrons. The van der Waals surface area contributed by atoms with Gasteiger partial charge in [-0.25, -0.2) is 9.97 Å². The van der Waals surface area contributed by atoms with E-state index in [9.17, 15) is 0 Å². The number of fused-ring (bicyclic) bond motifs is 1. The molecule has 6 rings (SSSR count). The Hall–Kier alpha value is -2.86. The number of benzene rings is 1. The molecule has 35 heavy (non-hydrogen) atoms. The van der Waals surface area contributed by atoms with Crippen molar-refractivity contribution in [3.63, 3.8) is 0 Å². The van der Waals surface area contributed by atoms with E-state index < -0.39 is 0 Å². The van der Waals surface area contributed by atoms with Gasteiger partial charge in [-0.05, 0) is 87.7 Å². The van der Waals surface area contributed by atoms with Crippen LogP contribution in [-0.4, -0.2) is 54.7 Å². The summed E-state index contributed by atoms with van der Waals surface area (Å²) in [5, 5.41) is 22.9. The van der Waals surface area contributed by atoms with E-state index in [0.29, 0.717) is 23.8 Å². The highest BCUT2D eigenvalue weighted by Crippen LogP contribution is 2.33. The standard InChI is InChI=1S/C23H23Br2N9O/c1-12-17(10-26-22(28-12)29-16-6-14-8-18(24)19(25)9-15(14)7-16)21-31-32-23(35-21)34-4-2-13(3-5-34)20-11-27-33-30-20/h8-11,13,16H,2-7H2,1H3,(H,26,28,29)(H,27,30,33). The van der Waals surface area contributed by atoms with Crippen molar-refractivity contribution in [3.8, 4) is 11.5 Å². The van der Waals surface area contributed by atoms with Gasteiger partial charge in [0, 0.05) is 40.2 Å². The van der Waals surface area contributed by atoms with Crippen LogP contribution in [0.4, 0.5) is 12.0 Å². The van der Waals surface area contributed by atoms with Crippen molar-refractivity contribution >= 4 is 43.8 Å². The lowest BCUT2D eigenvalue weighted by Gasteiger charge is -2.29. The van der Waals surface area contributed by atoms with E-state index in [-0.39, 0.29) is 6.04 Å². The van der Waals surface area contributed by atoms with Gasteiger partial charge in [0.2, 0.25) is 5.95 Å². The van der Waals surface area contributed by atoms with Crippen LogP contribution >= 0.6 is 31.9 Å². The molecular weight excluding hydrogens is 578 g/mol. The van der Waals surface area contributed by atoms with Gasteiger partial charge in [-0.1, -0.05) is 5.10 Å². The number of anilines is 2. The number of aromatic nitrogens is 7. The predicted molar refractivity (Wildman–Crippen MR) is 137 cm³/mol. The van der Waals surface area contributed by atoms with E-state index >= 15 is 0 Å². The SMILES string of the molecule is Cc1nc(NC2Cc3cc(Br)c(Br)cc3C2)ncc1-c1nnc(N2CCC(c3cn[nH]n3)CC2)o1. The number of hydrogen-bond donors (Lipinski definition) is 2. The van der Waals surface area contributed by atoms with Crippen LogP contribution in [0, 0.1) is 6.92 Å². The highest BCUT2D eigenvalue weighted by Gasteiger charge is 2.27. The lowest BCUT2D eigenvalue weighted by atomic mass is 9.94. The minimum atomic E-state index is 0.256. The van der Waals surface area contributed by atoms with Crippen LogP contribution in [0.5, 0.6) is 0 Å². The average molecular weight is 601 g/mol. The number of piperidine rings is 1. The molecule has 0 amide bonds. The number of nitrogens with one attached hydrogen (secondary N) is 2. The normalized spacial score (nSPS) is 16.6. The molecule has 4 heterocycles. The molecule has 4 aromatic rings. The first-order valence-corrected chi connectivity index (χ1v) is 13.1. The van der Waals surface area contributed by atoms with E-state index in [1.54, 1.807) is 12.4 Å². The summed E-state index contributed by atoms with van der Waals surface area (Å²) in [7, 11) is 0. The molecule has 2 aliphatic rings. The first kappa shape index (κ1) is 22.6. The Morgan fingerprint density at radius 1 is 1.06 bits per heavy atom. The van der Waals surface area contributed by atoms with Gasteiger partial charge in [0.1, 0.15) is 0 Å². The van der Waals surface area contributed by atoms with Crippen LogP contribution in [0.25, 0.3) is 11.5 Å². The van der Waals surface area contributed by atoms with Crippen LogP contribution in [0.3, 0.4) is 0 Å². The Bertz CT molecular complexity index is 1320. The summed E-state index contributed by atoms with van der Waals surface area (Å²) in [6, 6.07) is 5.15. The maximum Gasteiger partial charge on any atom is 0.318 e. The van der Waals surface area contributed by atoms with Crippen molar-refractivity contribution in [3.05, 3.63) is 56.0 Å². The minimum absolute atomic E-state index is 0.256. The van der Waals surface area contributed by atoms with Crippen molar-refractivity contribution in [2.24, 2.45) is 0 Å². The predicted octanol–water partition coefficient (Wildman–Crippen LogP) is 4.44. The van der Waals surface area contributed by atoms with E-state index in [1.165, 1.54) is 11.1 Å². The second kappa shape index (κ2) is 9.30. The number of nitrogens with zero attached hydrogens (tertiary/aromatic N) is 7. The van der Waals surface area contributed by atoms with Gasteiger partial charge < -0.3 is 14.6 Å². The molecule has 0 spiro atoms. The number of H-pyrrole nitrogens is 1. The molecule has 3 aromatic heterocycles. The Morgan fingerprint density at radius 2 is 1.80 bits per heavy atom. The maximum atomic E-state index is 6.01. The zero-order valence-electron chi connectivity index (χ0n) is 19.0. The monoisotopic (exact) mass is 599 g/mol. The Balaban J connectivity index is 1.11. The van der Waals surface area contributed by atoms with Gasteiger partial charge in [-0.3, -0.25) is 0 Å². The molecule has 10 nitrogen and oxygen atoms in total. The second-order valence-electron chi connectivity index (χ2n) is 9.02. The summed E-state index contributed by atoms with van der Waals surface area (Å²) < 4.78 is 8.17. The fourth-order valence-electron chi connectivity index (χ4n) is 4.87. The van der Waals surface area contributed by atoms with Gasteiger partial charge >= 0.3 is 6.01 Å². The molecule has 1 fully saturated rings.